The summed E-state index contributed by atoms with van der Waals surface area (Å²) in [4.78, 5) is 0. The number of rotatable bonds is 5. The van der Waals surface area contributed by atoms with Gasteiger partial charge in [-0.2, -0.15) is 5.10 Å². The molecule has 17 heavy (non-hydrogen) atoms. The highest BCUT2D eigenvalue weighted by Gasteiger charge is 1.99. The number of aryl methyl sites for hydroxylation is 1. The summed E-state index contributed by atoms with van der Waals surface area (Å²) in [5, 5.41) is 7.66. The number of benzene rings is 1. The van der Waals surface area contributed by atoms with Gasteiger partial charge in [-0.15, -0.1) is 0 Å². The summed E-state index contributed by atoms with van der Waals surface area (Å²) < 4.78 is 1.98. The molecule has 0 aliphatic rings. The summed E-state index contributed by atoms with van der Waals surface area (Å²) in [5.74, 6) is 0. The zero-order chi connectivity index (χ0) is 12.1. The summed E-state index contributed by atoms with van der Waals surface area (Å²) in [6, 6.07) is 8.58. The Morgan fingerprint density at radius 2 is 1.94 bits per heavy atom. The summed E-state index contributed by atoms with van der Waals surface area (Å²) in [5.41, 5.74) is 3.81. The lowest BCUT2D eigenvalue weighted by molar-refractivity contribution is 0.683. The lowest BCUT2D eigenvalue weighted by Gasteiger charge is -2.02. The lowest BCUT2D eigenvalue weighted by atomic mass is 10.1. The van der Waals surface area contributed by atoms with Gasteiger partial charge in [0.1, 0.15) is 0 Å². The molecule has 0 radical (unpaired) electrons. The largest absolute Gasteiger partial charge is 0.313 e. The number of nitrogens with one attached hydrogen (secondary N) is 1. The smallest absolute Gasteiger partial charge is 0.0659 e. The second-order valence-corrected chi connectivity index (χ2v) is 4.31. The van der Waals surface area contributed by atoms with Crippen molar-refractivity contribution in [3.8, 4) is 0 Å². The summed E-state index contributed by atoms with van der Waals surface area (Å²) in [6.07, 6.45) is 4.03. The summed E-state index contributed by atoms with van der Waals surface area (Å²) in [7, 11) is 0. The third-order valence-electron chi connectivity index (χ3n) is 2.73. The van der Waals surface area contributed by atoms with Crippen LogP contribution in [0.1, 0.15) is 23.6 Å². The van der Waals surface area contributed by atoms with Crippen molar-refractivity contribution in [3.05, 3.63) is 53.3 Å². The van der Waals surface area contributed by atoms with Crippen LogP contribution in [0.2, 0.25) is 0 Å². The lowest BCUT2D eigenvalue weighted by Crippen LogP contribution is -2.11. The molecule has 0 saturated carbocycles. The van der Waals surface area contributed by atoms with Crippen molar-refractivity contribution in [2.75, 3.05) is 6.54 Å². The van der Waals surface area contributed by atoms with Crippen LogP contribution in [0.15, 0.2) is 36.7 Å². The highest BCUT2D eigenvalue weighted by molar-refractivity contribution is 5.21. The number of hydrogen-bond donors (Lipinski definition) is 1. The highest BCUT2D eigenvalue weighted by Crippen LogP contribution is 2.06. The Hall–Kier alpha value is -1.61. The highest BCUT2D eigenvalue weighted by atomic mass is 15.3. The average Bonchev–Trinajstić information content (AvgIpc) is 2.77. The van der Waals surface area contributed by atoms with E-state index in [1.54, 1.807) is 0 Å². The molecule has 3 heteroatoms. The molecule has 0 atom stereocenters. The van der Waals surface area contributed by atoms with Crippen LogP contribution in [-0.4, -0.2) is 16.3 Å². The van der Waals surface area contributed by atoms with Crippen molar-refractivity contribution in [2.45, 2.75) is 26.9 Å². The van der Waals surface area contributed by atoms with Crippen LogP contribution in [0.3, 0.4) is 0 Å². The topological polar surface area (TPSA) is 29.9 Å². The van der Waals surface area contributed by atoms with Gasteiger partial charge in [0.25, 0.3) is 0 Å². The SMILES string of the molecule is CCNCc1cnn(Cc2ccc(C)cc2)c1. The van der Waals surface area contributed by atoms with Gasteiger partial charge in [0.2, 0.25) is 0 Å². The van der Waals surface area contributed by atoms with Gasteiger partial charge < -0.3 is 5.32 Å². The third kappa shape index (κ3) is 3.43. The van der Waals surface area contributed by atoms with Crippen LogP contribution in [0, 0.1) is 6.92 Å². The fraction of sp³-hybridized carbons (Fsp3) is 0.357. The molecular weight excluding hydrogens is 210 g/mol. The quantitative estimate of drug-likeness (QED) is 0.853. The normalized spacial score (nSPS) is 10.7. The van der Waals surface area contributed by atoms with E-state index in [1.165, 1.54) is 16.7 Å². The van der Waals surface area contributed by atoms with E-state index < -0.39 is 0 Å². The zero-order valence-corrected chi connectivity index (χ0v) is 10.5. The van der Waals surface area contributed by atoms with Crippen LogP contribution in [0.5, 0.6) is 0 Å². The number of aromatic nitrogens is 2. The fourth-order valence-corrected chi connectivity index (χ4v) is 1.73. The van der Waals surface area contributed by atoms with Crippen molar-refractivity contribution in [1.82, 2.24) is 15.1 Å². The molecule has 0 amide bonds. The minimum Gasteiger partial charge on any atom is -0.313 e. The molecule has 0 unspecified atom stereocenters. The number of hydrogen-bond acceptors (Lipinski definition) is 2. The number of nitrogens with zero attached hydrogens (tertiary/aromatic N) is 2. The van der Waals surface area contributed by atoms with Crippen LogP contribution < -0.4 is 5.32 Å². The Morgan fingerprint density at radius 1 is 1.18 bits per heavy atom. The van der Waals surface area contributed by atoms with Crippen molar-refractivity contribution in [2.24, 2.45) is 0 Å². The van der Waals surface area contributed by atoms with Gasteiger partial charge in [0, 0.05) is 18.3 Å². The van der Waals surface area contributed by atoms with Crippen molar-refractivity contribution in [1.29, 1.82) is 0 Å². The fourth-order valence-electron chi connectivity index (χ4n) is 1.73. The van der Waals surface area contributed by atoms with Crippen LogP contribution in [0.25, 0.3) is 0 Å². The van der Waals surface area contributed by atoms with Gasteiger partial charge in [-0.05, 0) is 19.0 Å². The first kappa shape index (κ1) is 11.9. The van der Waals surface area contributed by atoms with E-state index in [-0.39, 0.29) is 0 Å². The van der Waals surface area contributed by atoms with E-state index in [0.717, 1.165) is 19.6 Å². The van der Waals surface area contributed by atoms with E-state index in [9.17, 15) is 0 Å². The van der Waals surface area contributed by atoms with Gasteiger partial charge in [-0.25, -0.2) is 0 Å². The van der Waals surface area contributed by atoms with Gasteiger partial charge in [-0.3, -0.25) is 4.68 Å². The molecule has 1 aromatic carbocycles. The van der Waals surface area contributed by atoms with Crippen molar-refractivity contribution in [3.63, 3.8) is 0 Å². The molecule has 1 N–H and O–H groups in total. The second kappa shape index (κ2) is 5.64. The molecule has 0 aliphatic heterocycles. The first-order chi connectivity index (χ1) is 8.28. The van der Waals surface area contributed by atoms with Gasteiger partial charge in [-0.1, -0.05) is 36.8 Å². The maximum Gasteiger partial charge on any atom is 0.0659 e. The Labute approximate surface area is 102 Å². The maximum atomic E-state index is 4.36. The van der Waals surface area contributed by atoms with E-state index in [1.807, 2.05) is 10.9 Å². The molecule has 2 aromatic rings. The predicted molar refractivity (Wildman–Crippen MR) is 69.9 cm³/mol. The van der Waals surface area contributed by atoms with Crippen molar-refractivity contribution >= 4 is 0 Å². The first-order valence-corrected chi connectivity index (χ1v) is 6.05. The Balaban J connectivity index is 1.98. The molecule has 2 rings (SSSR count). The van der Waals surface area contributed by atoms with Gasteiger partial charge in [0.15, 0.2) is 0 Å². The molecule has 3 nitrogen and oxygen atoms in total. The molecule has 90 valence electrons. The Kier molecular flexibility index (Phi) is 3.94. The Bertz CT molecular complexity index is 457. The zero-order valence-electron chi connectivity index (χ0n) is 10.5. The van der Waals surface area contributed by atoms with E-state index >= 15 is 0 Å². The molecule has 0 aliphatic carbocycles. The molecule has 0 bridgehead atoms. The molecule has 0 spiro atoms. The minimum atomic E-state index is 0.840. The van der Waals surface area contributed by atoms with Crippen LogP contribution in [-0.2, 0) is 13.1 Å². The first-order valence-electron chi connectivity index (χ1n) is 6.05. The minimum absolute atomic E-state index is 0.840. The van der Waals surface area contributed by atoms with Gasteiger partial charge >= 0.3 is 0 Å². The molecular formula is C14H19N3. The van der Waals surface area contributed by atoms with Crippen molar-refractivity contribution < 1.29 is 0 Å². The van der Waals surface area contributed by atoms with Crippen LogP contribution in [0.4, 0.5) is 0 Å². The van der Waals surface area contributed by atoms with Crippen LogP contribution >= 0.6 is 0 Å². The van der Waals surface area contributed by atoms with Gasteiger partial charge in [0.05, 0.1) is 12.7 Å². The Morgan fingerprint density at radius 3 is 2.65 bits per heavy atom. The molecule has 0 saturated heterocycles. The third-order valence-corrected chi connectivity index (χ3v) is 2.73. The summed E-state index contributed by atoms with van der Waals surface area (Å²) >= 11 is 0. The summed E-state index contributed by atoms with van der Waals surface area (Å²) in [6.45, 7) is 6.93. The van der Waals surface area contributed by atoms with E-state index in [4.69, 9.17) is 0 Å². The van der Waals surface area contributed by atoms with E-state index in [0.29, 0.717) is 0 Å². The second-order valence-electron chi connectivity index (χ2n) is 4.31. The standard InChI is InChI=1S/C14H19N3/c1-3-15-8-14-9-16-17(11-14)10-13-6-4-12(2)5-7-13/h4-7,9,11,15H,3,8,10H2,1-2H3. The molecule has 1 aromatic heterocycles. The average molecular weight is 229 g/mol. The predicted octanol–water partition coefficient (Wildman–Crippen LogP) is 2.35. The molecule has 0 fully saturated rings. The molecule has 1 heterocycles. The maximum absolute atomic E-state index is 4.36. The monoisotopic (exact) mass is 229 g/mol. The van der Waals surface area contributed by atoms with E-state index in [2.05, 4.69) is 54.7 Å².